The summed E-state index contributed by atoms with van der Waals surface area (Å²) in [5.41, 5.74) is 1.61. The number of aryl methyl sites for hydroxylation is 1. The second kappa shape index (κ2) is 7.93. The number of aromatic nitrogens is 2. The molecule has 25 heavy (non-hydrogen) atoms. The molecule has 2 aromatic rings. The summed E-state index contributed by atoms with van der Waals surface area (Å²) in [5.74, 6) is 0.831. The van der Waals surface area contributed by atoms with Crippen molar-refractivity contribution in [2.24, 2.45) is 0 Å². The number of hydrogen-bond donors (Lipinski definition) is 0. The monoisotopic (exact) mass is 361 g/mol. The van der Waals surface area contributed by atoms with Crippen LogP contribution in [0.15, 0.2) is 22.3 Å². The maximum Gasteiger partial charge on any atom is 0.263 e. The van der Waals surface area contributed by atoms with Gasteiger partial charge in [-0.2, -0.15) is 0 Å². The summed E-state index contributed by atoms with van der Waals surface area (Å²) in [4.78, 5) is 32.8. The van der Waals surface area contributed by atoms with Gasteiger partial charge in [0.15, 0.2) is 0 Å². The third kappa shape index (κ3) is 3.67. The summed E-state index contributed by atoms with van der Waals surface area (Å²) in [5, 5.41) is 1.91. The minimum atomic E-state index is 0.0179. The van der Waals surface area contributed by atoms with Crippen LogP contribution in [-0.2, 0) is 30.5 Å². The van der Waals surface area contributed by atoms with Crippen LogP contribution in [-0.4, -0.2) is 47.2 Å². The summed E-state index contributed by atoms with van der Waals surface area (Å²) in [6.07, 6.45) is 1.87. The molecule has 1 amide bonds. The highest BCUT2D eigenvalue weighted by Crippen LogP contribution is 2.17. The third-order valence-corrected chi connectivity index (χ3v) is 5.39. The van der Waals surface area contributed by atoms with Crippen molar-refractivity contribution < 1.29 is 9.53 Å². The van der Waals surface area contributed by atoms with Crippen LogP contribution in [0.25, 0.3) is 0 Å². The number of carbonyl (C=O) groups excluding carboxylic acids is 1. The van der Waals surface area contributed by atoms with E-state index in [-0.39, 0.29) is 11.5 Å². The van der Waals surface area contributed by atoms with Crippen LogP contribution in [0.3, 0.4) is 0 Å². The molecule has 0 aromatic carbocycles. The van der Waals surface area contributed by atoms with Crippen LogP contribution in [0, 0.1) is 0 Å². The zero-order chi connectivity index (χ0) is 17.8. The molecule has 0 unspecified atom stereocenters. The van der Waals surface area contributed by atoms with Crippen molar-refractivity contribution >= 4 is 17.2 Å². The number of amides is 1. The molecule has 3 heterocycles. The molecule has 0 atom stereocenters. The number of rotatable bonds is 5. The molecule has 0 radical (unpaired) electrons. The van der Waals surface area contributed by atoms with Crippen LogP contribution in [0.2, 0.25) is 0 Å². The highest BCUT2D eigenvalue weighted by Gasteiger charge is 2.24. The Morgan fingerprint density at radius 1 is 1.36 bits per heavy atom. The first-order valence-corrected chi connectivity index (χ1v) is 9.46. The summed E-state index contributed by atoms with van der Waals surface area (Å²) in [6, 6.07) is 3.73. The number of carbonyl (C=O) groups is 1. The minimum Gasteiger partial charge on any atom is -0.383 e. The zero-order valence-electron chi connectivity index (χ0n) is 14.7. The first-order chi connectivity index (χ1) is 12.2. The molecule has 0 bridgehead atoms. The highest BCUT2D eigenvalue weighted by atomic mass is 32.1. The number of thiophene rings is 1. The molecular weight excluding hydrogens is 338 g/mol. The Morgan fingerprint density at radius 2 is 2.16 bits per heavy atom. The molecular formula is C18H23N3O3S. The van der Waals surface area contributed by atoms with E-state index in [1.807, 2.05) is 29.3 Å². The van der Waals surface area contributed by atoms with Crippen molar-refractivity contribution in [1.29, 1.82) is 0 Å². The molecule has 6 nitrogen and oxygen atoms in total. The van der Waals surface area contributed by atoms with Crippen molar-refractivity contribution in [2.75, 3.05) is 26.8 Å². The van der Waals surface area contributed by atoms with E-state index < -0.39 is 0 Å². The van der Waals surface area contributed by atoms with Gasteiger partial charge in [-0.05, 0) is 17.9 Å². The van der Waals surface area contributed by atoms with E-state index >= 15 is 0 Å². The van der Waals surface area contributed by atoms with E-state index in [0.717, 1.165) is 22.0 Å². The van der Waals surface area contributed by atoms with Crippen LogP contribution >= 0.6 is 11.3 Å². The van der Waals surface area contributed by atoms with E-state index in [1.54, 1.807) is 11.7 Å². The van der Waals surface area contributed by atoms with Crippen LogP contribution in [0.4, 0.5) is 0 Å². The maximum absolute atomic E-state index is 12.9. The van der Waals surface area contributed by atoms with E-state index in [4.69, 9.17) is 9.72 Å². The van der Waals surface area contributed by atoms with Gasteiger partial charge in [0.25, 0.3) is 11.5 Å². The largest absolute Gasteiger partial charge is 0.383 e. The fraction of sp³-hybridized carbons (Fsp3) is 0.500. The average Bonchev–Trinajstić information content (AvgIpc) is 3.07. The van der Waals surface area contributed by atoms with Gasteiger partial charge in [0.1, 0.15) is 5.82 Å². The second-order valence-electron chi connectivity index (χ2n) is 6.03. The Kier molecular flexibility index (Phi) is 5.65. The molecule has 0 spiro atoms. The molecule has 1 aliphatic rings. The van der Waals surface area contributed by atoms with Gasteiger partial charge in [0.2, 0.25) is 0 Å². The molecule has 0 aliphatic carbocycles. The fourth-order valence-corrected chi connectivity index (χ4v) is 3.88. The van der Waals surface area contributed by atoms with Crippen LogP contribution in [0.1, 0.15) is 33.7 Å². The Labute approximate surface area is 151 Å². The zero-order valence-corrected chi connectivity index (χ0v) is 15.5. The first kappa shape index (κ1) is 17.8. The third-order valence-electron chi connectivity index (χ3n) is 4.53. The van der Waals surface area contributed by atoms with E-state index in [0.29, 0.717) is 45.5 Å². The second-order valence-corrected chi connectivity index (χ2v) is 6.97. The Balaban J connectivity index is 1.87. The lowest BCUT2D eigenvalue weighted by Crippen LogP contribution is -2.33. The Morgan fingerprint density at radius 3 is 2.84 bits per heavy atom. The van der Waals surface area contributed by atoms with Gasteiger partial charge in [0.05, 0.1) is 23.7 Å². The van der Waals surface area contributed by atoms with Crippen LogP contribution < -0.4 is 5.56 Å². The molecule has 134 valence electrons. The number of hydrogen-bond acceptors (Lipinski definition) is 5. The lowest BCUT2D eigenvalue weighted by atomic mass is 10.1. The fourth-order valence-electron chi connectivity index (χ4n) is 3.19. The molecule has 0 fully saturated rings. The summed E-state index contributed by atoms with van der Waals surface area (Å²) in [6.45, 7) is 4.14. The van der Waals surface area contributed by atoms with Crippen molar-refractivity contribution in [2.45, 2.75) is 32.7 Å². The Hall–Kier alpha value is -1.99. The van der Waals surface area contributed by atoms with Crippen molar-refractivity contribution in [3.63, 3.8) is 0 Å². The van der Waals surface area contributed by atoms with Gasteiger partial charge >= 0.3 is 0 Å². The Bertz CT molecular complexity index is 799. The smallest absolute Gasteiger partial charge is 0.263 e. The maximum atomic E-state index is 12.9. The van der Waals surface area contributed by atoms with Crippen molar-refractivity contribution in [3.05, 3.63) is 49.8 Å². The predicted octanol–water partition coefficient (Wildman–Crippen LogP) is 1.75. The molecule has 0 saturated carbocycles. The summed E-state index contributed by atoms with van der Waals surface area (Å²) >= 11 is 1.45. The standard InChI is InChI=1S/C18H23N3O3S/c1-3-16-19-14-7-9-20(18(23)15-5-4-12-25-15)8-6-13(14)17(22)21(16)10-11-24-2/h4-5,12H,3,6-11H2,1-2H3. The number of nitrogens with zero attached hydrogens (tertiary/aromatic N) is 3. The highest BCUT2D eigenvalue weighted by molar-refractivity contribution is 7.12. The van der Waals surface area contributed by atoms with Gasteiger partial charge in [-0.1, -0.05) is 13.0 Å². The van der Waals surface area contributed by atoms with E-state index in [9.17, 15) is 9.59 Å². The number of fused-ring (bicyclic) bond motifs is 1. The lowest BCUT2D eigenvalue weighted by Gasteiger charge is -2.19. The van der Waals surface area contributed by atoms with Gasteiger partial charge in [-0.3, -0.25) is 14.2 Å². The van der Waals surface area contributed by atoms with Crippen LogP contribution in [0.5, 0.6) is 0 Å². The van der Waals surface area contributed by atoms with Gasteiger partial charge in [0, 0.05) is 38.6 Å². The molecule has 0 saturated heterocycles. The molecule has 2 aromatic heterocycles. The first-order valence-electron chi connectivity index (χ1n) is 8.58. The van der Waals surface area contributed by atoms with E-state index in [1.165, 1.54) is 11.3 Å². The lowest BCUT2D eigenvalue weighted by molar-refractivity contribution is 0.0767. The topological polar surface area (TPSA) is 64.4 Å². The summed E-state index contributed by atoms with van der Waals surface area (Å²) in [7, 11) is 1.63. The summed E-state index contributed by atoms with van der Waals surface area (Å²) < 4.78 is 6.84. The molecule has 3 rings (SSSR count). The van der Waals surface area contributed by atoms with Crippen molar-refractivity contribution in [3.8, 4) is 0 Å². The number of ether oxygens (including phenoxy) is 1. The SMILES string of the molecule is CCc1nc2c(c(=O)n1CCOC)CCN(C(=O)c1cccs1)CC2. The van der Waals surface area contributed by atoms with Gasteiger partial charge in [-0.15, -0.1) is 11.3 Å². The molecule has 0 N–H and O–H groups in total. The quantitative estimate of drug-likeness (QED) is 0.814. The van der Waals surface area contributed by atoms with Gasteiger partial charge < -0.3 is 9.64 Å². The normalized spacial score (nSPS) is 14.2. The predicted molar refractivity (Wildman–Crippen MR) is 97.4 cm³/mol. The molecule has 7 heteroatoms. The number of methoxy groups -OCH3 is 1. The minimum absolute atomic E-state index is 0.0179. The van der Waals surface area contributed by atoms with Gasteiger partial charge in [-0.25, -0.2) is 4.98 Å². The molecule has 1 aliphatic heterocycles. The van der Waals surface area contributed by atoms with Crippen molar-refractivity contribution in [1.82, 2.24) is 14.5 Å². The average molecular weight is 361 g/mol. The van der Waals surface area contributed by atoms with E-state index in [2.05, 4.69) is 0 Å².